The van der Waals surface area contributed by atoms with Crippen LogP contribution in [0.5, 0.6) is 11.5 Å². The molecule has 94 valence electrons. The fraction of sp³-hybridized carbons (Fsp3) is 0.364. The molecule has 0 heterocycles. The minimum absolute atomic E-state index is 0.171. The van der Waals surface area contributed by atoms with E-state index in [2.05, 4.69) is 5.32 Å². The quantitative estimate of drug-likeness (QED) is 0.720. The fourth-order valence-corrected chi connectivity index (χ4v) is 1.87. The number of hydrogen-bond acceptors (Lipinski definition) is 4. The van der Waals surface area contributed by atoms with E-state index >= 15 is 0 Å². The van der Waals surface area contributed by atoms with Gasteiger partial charge in [-0.15, -0.1) is 0 Å². The Bertz CT molecular complexity index is 413. The third kappa shape index (κ3) is 4.44. The normalized spacial score (nSPS) is 12.1. The number of rotatable bonds is 5. The number of phenolic OH excluding ortho intramolecular Hbond substituents is 2. The molecule has 0 fully saturated rings. The van der Waals surface area contributed by atoms with E-state index in [0.717, 1.165) is 6.07 Å². The molecule has 1 unspecified atom stereocenters. The van der Waals surface area contributed by atoms with E-state index in [1.807, 2.05) is 6.92 Å². The summed E-state index contributed by atoms with van der Waals surface area (Å²) in [5, 5.41) is 21.0. The number of benzene rings is 1. The molecule has 1 aromatic rings. The molecule has 0 radical (unpaired) electrons. The predicted octanol–water partition coefficient (Wildman–Crippen LogP) is 0.596. The molecule has 0 spiro atoms. The van der Waals surface area contributed by atoms with Gasteiger partial charge in [-0.3, -0.25) is 9.00 Å². The summed E-state index contributed by atoms with van der Waals surface area (Å²) in [7, 11) is -0.922. The maximum Gasteiger partial charge on any atom is 0.251 e. The molecule has 1 aromatic carbocycles. The smallest absolute Gasteiger partial charge is 0.251 e. The molecular weight excluding hydrogens is 242 g/mol. The molecule has 17 heavy (non-hydrogen) atoms. The van der Waals surface area contributed by atoms with Crippen molar-refractivity contribution in [3.63, 3.8) is 0 Å². The molecule has 3 N–H and O–H groups in total. The molecule has 1 amide bonds. The first-order valence-corrected chi connectivity index (χ1v) is 6.68. The van der Waals surface area contributed by atoms with Gasteiger partial charge in [0.05, 0.1) is 0 Å². The largest absolute Gasteiger partial charge is 0.508 e. The van der Waals surface area contributed by atoms with Gasteiger partial charge in [-0.25, -0.2) is 0 Å². The first-order chi connectivity index (χ1) is 8.02. The zero-order valence-electron chi connectivity index (χ0n) is 9.47. The molecule has 1 rings (SSSR count). The van der Waals surface area contributed by atoms with E-state index in [9.17, 15) is 19.2 Å². The minimum Gasteiger partial charge on any atom is -0.508 e. The molecule has 6 heteroatoms. The van der Waals surface area contributed by atoms with E-state index in [1.54, 1.807) is 0 Å². The molecular formula is C11H15NO4S. The van der Waals surface area contributed by atoms with Crippen LogP contribution in [0.3, 0.4) is 0 Å². The Hall–Kier alpha value is -1.56. The van der Waals surface area contributed by atoms with Gasteiger partial charge in [-0.1, -0.05) is 6.92 Å². The highest BCUT2D eigenvalue weighted by Gasteiger charge is 2.08. The minimum atomic E-state index is -0.922. The summed E-state index contributed by atoms with van der Waals surface area (Å²) >= 11 is 0. The molecule has 0 bridgehead atoms. The predicted molar refractivity (Wildman–Crippen MR) is 65.7 cm³/mol. The first-order valence-electron chi connectivity index (χ1n) is 5.19. The van der Waals surface area contributed by atoms with Crippen LogP contribution in [0.2, 0.25) is 0 Å². The highest BCUT2D eigenvalue weighted by atomic mass is 32.2. The molecule has 0 aliphatic rings. The van der Waals surface area contributed by atoms with Gasteiger partial charge in [0.25, 0.3) is 5.91 Å². The van der Waals surface area contributed by atoms with Crippen molar-refractivity contribution in [3.05, 3.63) is 23.8 Å². The Kier molecular flexibility index (Phi) is 4.96. The second-order valence-corrected chi connectivity index (χ2v) is 5.29. The maximum absolute atomic E-state index is 11.6. The standard InChI is InChI=1S/C11H15NO4S/c1-2-17(16)4-3-12-11(15)8-5-9(13)7-10(14)6-8/h5-7,13-14H,2-4H2,1H3,(H,12,15). The number of carbonyl (C=O) groups is 1. The average molecular weight is 257 g/mol. The highest BCUT2D eigenvalue weighted by Crippen LogP contribution is 2.20. The van der Waals surface area contributed by atoms with Crippen LogP contribution >= 0.6 is 0 Å². The monoisotopic (exact) mass is 257 g/mol. The summed E-state index contributed by atoms with van der Waals surface area (Å²) in [6.45, 7) is 2.11. The molecule has 5 nitrogen and oxygen atoms in total. The van der Waals surface area contributed by atoms with Crippen LogP contribution in [0.4, 0.5) is 0 Å². The van der Waals surface area contributed by atoms with Gasteiger partial charge in [-0.2, -0.15) is 0 Å². The summed E-state index contributed by atoms with van der Waals surface area (Å²) in [4.78, 5) is 11.6. The van der Waals surface area contributed by atoms with Gasteiger partial charge in [0.1, 0.15) is 11.5 Å². The van der Waals surface area contributed by atoms with Crippen molar-refractivity contribution < 1.29 is 19.2 Å². The van der Waals surface area contributed by atoms with Crippen LogP contribution < -0.4 is 5.32 Å². The van der Waals surface area contributed by atoms with Crippen molar-refractivity contribution in [3.8, 4) is 11.5 Å². The van der Waals surface area contributed by atoms with E-state index < -0.39 is 16.7 Å². The van der Waals surface area contributed by atoms with E-state index in [1.165, 1.54) is 12.1 Å². The van der Waals surface area contributed by atoms with Crippen molar-refractivity contribution in [2.45, 2.75) is 6.92 Å². The summed E-state index contributed by atoms with van der Waals surface area (Å²) in [6.07, 6.45) is 0. The summed E-state index contributed by atoms with van der Waals surface area (Å²) < 4.78 is 11.1. The molecule has 0 aliphatic heterocycles. The maximum atomic E-state index is 11.6. The number of aromatic hydroxyl groups is 2. The zero-order valence-corrected chi connectivity index (χ0v) is 10.3. The van der Waals surface area contributed by atoms with Gasteiger partial charge in [0.15, 0.2) is 0 Å². The van der Waals surface area contributed by atoms with E-state index in [0.29, 0.717) is 18.1 Å². The van der Waals surface area contributed by atoms with Crippen LogP contribution in [-0.2, 0) is 10.8 Å². The molecule has 0 aliphatic carbocycles. The number of amides is 1. The number of carbonyl (C=O) groups excluding carboxylic acids is 1. The molecule has 0 saturated heterocycles. The Morgan fingerprint density at radius 2 is 1.88 bits per heavy atom. The highest BCUT2D eigenvalue weighted by molar-refractivity contribution is 7.84. The fourth-order valence-electron chi connectivity index (χ4n) is 1.25. The Morgan fingerprint density at radius 1 is 1.29 bits per heavy atom. The third-order valence-corrected chi connectivity index (χ3v) is 3.41. The second-order valence-electron chi connectivity index (χ2n) is 3.43. The average Bonchev–Trinajstić information content (AvgIpc) is 2.27. The van der Waals surface area contributed by atoms with Gasteiger partial charge < -0.3 is 15.5 Å². The lowest BCUT2D eigenvalue weighted by Gasteiger charge is -2.05. The zero-order chi connectivity index (χ0) is 12.8. The molecule has 0 aromatic heterocycles. The van der Waals surface area contributed by atoms with Crippen molar-refractivity contribution in [1.29, 1.82) is 0 Å². The summed E-state index contributed by atoms with van der Waals surface area (Å²) in [5.41, 5.74) is 0.171. The second kappa shape index (κ2) is 6.24. The molecule has 1 atom stereocenters. The van der Waals surface area contributed by atoms with Gasteiger partial charge >= 0.3 is 0 Å². The summed E-state index contributed by atoms with van der Waals surface area (Å²) in [6, 6.07) is 3.65. The number of nitrogens with one attached hydrogen (secondary N) is 1. The van der Waals surface area contributed by atoms with Gasteiger partial charge in [0, 0.05) is 40.5 Å². The van der Waals surface area contributed by atoms with Crippen molar-refractivity contribution in [1.82, 2.24) is 5.32 Å². The Labute approximate surface area is 102 Å². The SMILES string of the molecule is CCS(=O)CCNC(=O)c1cc(O)cc(O)c1. The van der Waals surface area contributed by atoms with Crippen molar-refractivity contribution in [2.75, 3.05) is 18.1 Å². The van der Waals surface area contributed by atoms with Gasteiger partial charge in [-0.05, 0) is 12.1 Å². The lowest BCUT2D eigenvalue weighted by molar-refractivity contribution is 0.0955. The third-order valence-electron chi connectivity index (χ3n) is 2.10. The lowest BCUT2D eigenvalue weighted by atomic mass is 10.2. The van der Waals surface area contributed by atoms with Crippen LogP contribution in [-0.4, -0.2) is 38.4 Å². The lowest BCUT2D eigenvalue weighted by Crippen LogP contribution is -2.27. The van der Waals surface area contributed by atoms with Crippen LogP contribution in [0, 0.1) is 0 Å². The van der Waals surface area contributed by atoms with E-state index in [4.69, 9.17) is 0 Å². The number of phenols is 2. The van der Waals surface area contributed by atoms with Gasteiger partial charge in [0.2, 0.25) is 0 Å². The Morgan fingerprint density at radius 3 is 2.41 bits per heavy atom. The number of hydrogen-bond donors (Lipinski definition) is 3. The van der Waals surface area contributed by atoms with Crippen molar-refractivity contribution >= 4 is 16.7 Å². The topological polar surface area (TPSA) is 86.6 Å². The first kappa shape index (κ1) is 13.5. The van der Waals surface area contributed by atoms with Crippen LogP contribution in [0.15, 0.2) is 18.2 Å². The molecule has 0 saturated carbocycles. The van der Waals surface area contributed by atoms with E-state index in [-0.39, 0.29) is 17.1 Å². The summed E-state index contributed by atoms with van der Waals surface area (Å²) in [5.74, 6) is 0.194. The van der Waals surface area contributed by atoms with Crippen molar-refractivity contribution in [2.24, 2.45) is 0 Å². The van der Waals surface area contributed by atoms with Crippen LogP contribution in [0.25, 0.3) is 0 Å². The van der Waals surface area contributed by atoms with Crippen LogP contribution in [0.1, 0.15) is 17.3 Å². The Balaban J connectivity index is 2.55.